The fourth-order valence-electron chi connectivity index (χ4n) is 2.65. The minimum atomic E-state index is -0.0421. The maximum absolute atomic E-state index is 12.7. The fourth-order valence-corrected chi connectivity index (χ4v) is 2.97. The zero-order valence-corrected chi connectivity index (χ0v) is 12.8. The molecule has 0 aliphatic carbocycles. The standard InChI is InChI=1S/C18H16ClNO/c1-3-12-5-4-6-13-15(10-20-17(12)13)18(21)14-8-7-11(2)9-16(14)19/h4-10,20H,3H2,1-2H3. The highest BCUT2D eigenvalue weighted by Gasteiger charge is 2.17. The number of carbonyl (C=O) groups is 1. The van der Waals surface area contributed by atoms with Gasteiger partial charge in [0.05, 0.1) is 5.02 Å². The summed E-state index contributed by atoms with van der Waals surface area (Å²) in [6.07, 6.45) is 2.71. The number of rotatable bonds is 3. The van der Waals surface area contributed by atoms with Gasteiger partial charge in [0.25, 0.3) is 0 Å². The number of halogens is 1. The van der Waals surface area contributed by atoms with Crippen molar-refractivity contribution in [3.63, 3.8) is 0 Å². The van der Waals surface area contributed by atoms with E-state index in [2.05, 4.69) is 18.0 Å². The number of fused-ring (bicyclic) bond motifs is 1. The Morgan fingerprint density at radius 2 is 2.00 bits per heavy atom. The molecular formula is C18H16ClNO. The largest absolute Gasteiger partial charge is 0.360 e. The van der Waals surface area contributed by atoms with E-state index in [4.69, 9.17) is 11.6 Å². The van der Waals surface area contributed by atoms with Crippen LogP contribution in [0.3, 0.4) is 0 Å². The van der Waals surface area contributed by atoms with E-state index in [1.165, 1.54) is 5.56 Å². The Bertz CT molecular complexity index is 832. The second-order valence-corrected chi connectivity index (χ2v) is 5.62. The Labute approximate surface area is 128 Å². The monoisotopic (exact) mass is 297 g/mol. The minimum Gasteiger partial charge on any atom is -0.360 e. The van der Waals surface area contributed by atoms with Gasteiger partial charge in [0.1, 0.15) is 0 Å². The summed E-state index contributed by atoms with van der Waals surface area (Å²) >= 11 is 6.22. The summed E-state index contributed by atoms with van der Waals surface area (Å²) in [5.41, 5.74) is 4.51. The molecule has 3 rings (SSSR count). The molecular weight excluding hydrogens is 282 g/mol. The Morgan fingerprint density at radius 3 is 2.71 bits per heavy atom. The molecule has 0 spiro atoms. The van der Waals surface area contributed by atoms with E-state index < -0.39 is 0 Å². The third kappa shape index (κ3) is 2.36. The highest BCUT2D eigenvalue weighted by Crippen LogP contribution is 2.27. The summed E-state index contributed by atoms with van der Waals surface area (Å²) in [7, 11) is 0. The predicted molar refractivity (Wildman–Crippen MR) is 87.3 cm³/mol. The van der Waals surface area contributed by atoms with E-state index in [1.807, 2.05) is 31.2 Å². The number of aromatic amines is 1. The van der Waals surface area contributed by atoms with Crippen molar-refractivity contribution >= 4 is 28.3 Å². The molecule has 1 aromatic heterocycles. The molecule has 0 amide bonds. The lowest BCUT2D eigenvalue weighted by Gasteiger charge is -2.04. The van der Waals surface area contributed by atoms with Crippen molar-refractivity contribution in [1.29, 1.82) is 0 Å². The van der Waals surface area contributed by atoms with Crippen molar-refractivity contribution in [1.82, 2.24) is 4.98 Å². The third-order valence-electron chi connectivity index (χ3n) is 3.80. The Kier molecular flexibility index (Phi) is 3.56. The molecule has 106 valence electrons. The molecule has 3 aromatic rings. The molecule has 1 heterocycles. The van der Waals surface area contributed by atoms with Crippen molar-refractivity contribution in [3.05, 3.63) is 69.9 Å². The number of hydrogen-bond acceptors (Lipinski definition) is 1. The number of H-pyrrole nitrogens is 1. The van der Waals surface area contributed by atoms with Crippen molar-refractivity contribution in [2.24, 2.45) is 0 Å². The lowest BCUT2D eigenvalue weighted by Crippen LogP contribution is -2.01. The third-order valence-corrected chi connectivity index (χ3v) is 4.11. The van der Waals surface area contributed by atoms with Crippen molar-refractivity contribution in [2.45, 2.75) is 20.3 Å². The van der Waals surface area contributed by atoms with Gasteiger partial charge in [-0.1, -0.05) is 42.8 Å². The fraction of sp³-hybridized carbons (Fsp3) is 0.167. The molecule has 0 radical (unpaired) electrons. The number of nitrogens with one attached hydrogen (secondary N) is 1. The van der Waals surface area contributed by atoms with Crippen LogP contribution in [0, 0.1) is 6.92 Å². The number of hydrogen-bond donors (Lipinski definition) is 1. The normalized spacial score (nSPS) is 11.0. The van der Waals surface area contributed by atoms with Gasteiger partial charge >= 0.3 is 0 Å². The molecule has 3 heteroatoms. The zero-order valence-electron chi connectivity index (χ0n) is 12.0. The van der Waals surface area contributed by atoms with E-state index in [9.17, 15) is 4.79 Å². The number of aromatic nitrogens is 1. The maximum Gasteiger partial charge on any atom is 0.196 e. The minimum absolute atomic E-state index is 0.0421. The first-order chi connectivity index (χ1) is 10.1. The van der Waals surface area contributed by atoms with E-state index in [-0.39, 0.29) is 5.78 Å². The van der Waals surface area contributed by atoms with Crippen LogP contribution in [0.4, 0.5) is 0 Å². The van der Waals surface area contributed by atoms with E-state index >= 15 is 0 Å². The molecule has 1 N–H and O–H groups in total. The first-order valence-electron chi connectivity index (χ1n) is 7.01. The molecule has 2 nitrogen and oxygen atoms in total. The average molecular weight is 298 g/mol. The van der Waals surface area contributed by atoms with Crippen LogP contribution in [0.1, 0.15) is 34.0 Å². The second kappa shape index (κ2) is 5.38. The van der Waals surface area contributed by atoms with Gasteiger partial charge in [-0.15, -0.1) is 0 Å². The first kappa shape index (κ1) is 13.9. The van der Waals surface area contributed by atoms with Crippen molar-refractivity contribution in [2.75, 3.05) is 0 Å². The summed E-state index contributed by atoms with van der Waals surface area (Å²) in [5.74, 6) is -0.0421. The Hall–Kier alpha value is -2.06. The van der Waals surface area contributed by atoms with Gasteiger partial charge < -0.3 is 4.98 Å². The summed E-state index contributed by atoms with van der Waals surface area (Å²) in [4.78, 5) is 16.0. The quantitative estimate of drug-likeness (QED) is 0.684. The first-order valence-corrected chi connectivity index (χ1v) is 7.39. The summed E-state index contributed by atoms with van der Waals surface area (Å²) < 4.78 is 0. The highest BCUT2D eigenvalue weighted by atomic mass is 35.5. The molecule has 0 unspecified atom stereocenters. The van der Waals surface area contributed by atoms with Gasteiger partial charge in [-0.3, -0.25) is 4.79 Å². The molecule has 0 saturated carbocycles. The SMILES string of the molecule is CCc1cccc2c(C(=O)c3ccc(C)cc3Cl)c[nH]c12. The lowest BCUT2D eigenvalue weighted by molar-refractivity contribution is 0.104. The van der Waals surface area contributed by atoms with Gasteiger partial charge in [-0.05, 0) is 36.6 Å². The van der Waals surface area contributed by atoms with Crippen LogP contribution >= 0.6 is 11.6 Å². The average Bonchev–Trinajstić information content (AvgIpc) is 2.90. The van der Waals surface area contributed by atoms with Gasteiger partial charge in [-0.25, -0.2) is 0 Å². The van der Waals surface area contributed by atoms with Crippen LogP contribution < -0.4 is 0 Å². The molecule has 0 atom stereocenters. The molecule has 21 heavy (non-hydrogen) atoms. The Balaban J connectivity index is 2.14. The van der Waals surface area contributed by atoms with Crippen LogP contribution in [0.15, 0.2) is 42.6 Å². The van der Waals surface area contributed by atoms with E-state index in [0.717, 1.165) is 22.9 Å². The van der Waals surface area contributed by atoms with Crippen LogP contribution in [0.2, 0.25) is 5.02 Å². The van der Waals surface area contributed by atoms with Crippen LogP contribution in [0.25, 0.3) is 10.9 Å². The molecule has 0 aliphatic heterocycles. The second-order valence-electron chi connectivity index (χ2n) is 5.21. The van der Waals surface area contributed by atoms with Crippen molar-refractivity contribution < 1.29 is 4.79 Å². The highest BCUT2D eigenvalue weighted by molar-refractivity contribution is 6.35. The lowest BCUT2D eigenvalue weighted by atomic mass is 10.00. The molecule has 0 bridgehead atoms. The topological polar surface area (TPSA) is 32.9 Å². The maximum atomic E-state index is 12.7. The van der Waals surface area contributed by atoms with Crippen LogP contribution in [-0.4, -0.2) is 10.8 Å². The van der Waals surface area contributed by atoms with Gasteiger partial charge in [-0.2, -0.15) is 0 Å². The molecule has 0 saturated heterocycles. The zero-order chi connectivity index (χ0) is 15.0. The van der Waals surface area contributed by atoms with Gasteiger partial charge in [0, 0.05) is 28.2 Å². The van der Waals surface area contributed by atoms with Crippen LogP contribution in [-0.2, 0) is 6.42 Å². The number of benzene rings is 2. The number of aryl methyl sites for hydroxylation is 2. The predicted octanol–water partition coefficient (Wildman–Crippen LogP) is 4.92. The molecule has 0 aliphatic rings. The summed E-state index contributed by atoms with van der Waals surface area (Å²) in [5, 5.41) is 1.46. The van der Waals surface area contributed by atoms with Gasteiger partial charge in [0.15, 0.2) is 5.78 Å². The Morgan fingerprint density at radius 1 is 1.19 bits per heavy atom. The number of para-hydroxylation sites is 1. The number of carbonyl (C=O) groups excluding carboxylic acids is 1. The summed E-state index contributed by atoms with van der Waals surface area (Å²) in [6.45, 7) is 4.06. The van der Waals surface area contributed by atoms with E-state index in [1.54, 1.807) is 12.3 Å². The van der Waals surface area contributed by atoms with Gasteiger partial charge in [0.2, 0.25) is 0 Å². The smallest absolute Gasteiger partial charge is 0.196 e. The molecule has 0 fully saturated rings. The number of ketones is 1. The van der Waals surface area contributed by atoms with E-state index in [0.29, 0.717) is 16.1 Å². The molecule has 2 aromatic carbocycles. The summed E-state index contributed by atoms with van der Waals surface area (Å²) in [6, 6.07) is 11.6. The van der Waals surface area contributed by atoms with Crippen LogP contribution in [0.5, 0.6) is 0 Å². The van der Waals surface area contributed by atoms with Crippen molar-refractivity contribution in [3.8, 4) is 0 Å².